The lowest BCUT2D eigenvalue weighted by atomic mass is 10.2. The summed E-state index contributed by atoms with van der Waals surface area (Å²) < 4.78 is 5.46. The molecule has 0 radical (unpaired) electrons. The van der Waals surface area contributed by atoms with Crippen molar-refractivity contribution in [1.29, 1.82) is 0 Å². The topological polar surface area (TPSA) is 79.4 Å². The van der Waals surface area contributed by atoms with Crippen molar-refractivity contribution in [1.82, 2.24) is 15.3 Å². The molecule has 4 rings (SSSR count). The Hall–Kier alpha value is -2.61. The first-order valence-electron chi connectivity index (χ1n) is 9.19. The van der Waals surface area contributed by atoms with Gasteiger partial charge in [-0.15, -0.1) is 0 Å². The first-order valence-corrected chi connectivity index (χ1v) is 9.94. The number of rotatable bonds is 5. The van der Waals surface area contributed by atoms with Crippen molar-refractivity contribution >= 4 is 51.6 Å². The highest BCUT2D eigenvalue weighted by molar-refractivity contribution is 6.35. The number of anilines is 2. The number of nitrogens with one attached hydrogen (secondary N) is 2. The normalized spacial score (nSPS) is 14.1. The van der Waals surface area contributed by atoms with E-state index in [9.17, 15) is 4.79 Å². The molecule has 2 heterocycles. The van der Waals surface area contributed by atoms with Gasteiger partial charge in [-0.3, -0.25) is 4.79 Å². The number of hydrogen-bond acceptors (Lipinski definition) is 6. The molecule has 150 valence electrons. The van der Waals surface area contributed by atoms with Gasteiger partial charge in [0.25, 0.3) is 5.91 Å². The Labute approximate surface area is 178 Å². The molecule has 0 bridgehead atoms. The van der Waals surface area contributed by atoms with Crippen LogP contribution in [0.15, 0.2) is 42.6 Å². The number of amides is 1. The molecule has 1 fully saturated rings. The van der Waals surface area contributed by atoms with Crippen LogP contribution in [0.1, 0.15) is 0 Å². The number of piperazine rings is 1. The minimum absolute atomic E-state index is 0.169. The van der Waals surface area contributed by atoms with Crippen molar-refractivity contribution in [3.05, 3.63) is 52.6 Å². The lowest BCUT2D eigenvalue weighted by molar-refractivity contribution is -0.118. The Morgan fingerprint density at radius 1 is 1.17 bits per heavy atom. The number of aromatic nitrogens is 2. The maximum absolute atomic E-state index is 12.2. The van der Waals surface area contributed by atoms with Crippen LogP contribution >= 0.6 is 23.2 Å². The summed E-state index contributed by atoms with van der Waals surface area (Å²) in [5, 5.41) is 7.83. The van der Waals surface area contributed by atoms with Gasteiger partial charge in [0.15, 0.2) is 6.61 Å². The Morgan fingerprint density at radius 3 is 2.79 bits per heavy atom. The summed E-state index contributed by atoms with van der Waals surface area (Å²) in [6.45, 7) is 3.46. The SMILES string of the molecule is O=C(COc1ccc(Cl)cc1Cl)Nc1ccc2nc(N3CCNCC3)ncc2c1. The summed E-state index contributed by atoms with van der Waals surface area (Å²) in [4.78, 5) is 23.5. The molecule has 0 unspecified atom stereocenters. The molecular weight excluding hydrogens is 413 g/mol. The number of nitrogens with zero attached hydrogens (tertiary/aromatic N) is 3. The van der Waals surface area contributed by atoms with E-state index in [1.807, 2.05) is 18.2 Å². The van der Waals surface area contributed by atoms with Crippen LogP contribution in [0, 0.1) is 0 Å². The van der Waals surface area contributed by atoms with Crippen molar-refractivity contribution in [2.24, 2.45) is 0 Å². The number of benzene rings is 2. The molecule has 1 amide bonds. The Balaban J connectivity index is 1.40. The Bertz CT molecular complexity index is 1040. The molecule has 1 aromatic heterocycles. The van der Waals surface area contributed by atoms with Crippen LogP contribution in [0.3, 0.4) is 0 Å². The summed E-state index contributed by atoms with van der Waals surface area (Å²) in [5.41, 5.74) is 1.47. The predicted molar refractivity (Wildman–Crippen MR) is 115 cm³/mol. The van der Waals surface area contributed by atoms with Gasteiger partial charge in [0.1, 0.15) is 5.75 Å². The molecular formula is C20H19Cl2N5O2. The molecule has 2 aromatic carbocycles. The van der Waals surface area contributed by atoms with Crippen LogP contribution < -0.4 is 20.3 Å². The number of hydrogen-bond donors (Lipinski definition) is 2. The van der Waals surface area contributed by atoms with Gasteiger partial charge in [-0.2, -0.15) is 0 Å². The smallest absolute Gasteiger partial charge is 0.262 e. The summed E-state index contributed by atoms with van der Waals surface area (Å²) in [6, 6.07) is 10.4. The van der Waals surface area contributed by atoms with E-state index in [-0.39, 0.29) is 12.5 Å². The van der Waals surface area contributed by atoms with E-state index < -0.39 is 0 Å². The second-order valence-electron chi connectivity index (χ2n) is 6.59. The number of ether oxygens (including phenoxy) is 1. The third-order valence-electron chi connectivity index (χ3n) is 4.50. The zero-order valence-electron chi connectivity index (χ0n) is 15.5. The van der Waals surface area contributed by atoms with Gasteiger partial charge in [-0.05, 0) is 36.4 Å². The second kappa shape index (κ2) is 8.82. The standard InChI is InChI=1S/C20H19Cl2N5O2/c21-14-1-4-18(16(22)10-14)29-12-19(28)25-15-2-3-17-13(9-15)11-24-20(26-17)27-7-5-23-6-8-27/h1-4,9-11,23H,5-8,12H2,(H,25,28). The fourth-order valence-electron chi connectivity index (χ4n) is 3.05. The van der Waals surface area contributed by atoms with E-state index in [0.717, 1.165) is 43.0 Å². The molecule has 1 aliphatic rings. The van der Waals surface area contributed by atoms with E-state index >= 15 is 0 Å². The summed E-state index contributed by atoms with van der Waals surface area (Å²) in [6.07, 6.45) is 1.78. The highest BCUT2D eigenvalue weighted by Crippen LogP contribution is 2.27. The van der Waals surface area contributed by atoms with Crippen molar-refractivity contribution < 1.29 is 9.53 Å². The summed E-state index contributed by atoms with van der Waals surface area (Å²) in [5.74, 6) is 0.830. The number of carbonyl (C=O) groups excluding carboxylic acids is 1. The first-order chi connectivity index (χ1) is 14.1. The van der Waals surface area contributed by atoms with Crippen LogP contribution in [-0.4, -0.2) is 48.7 Å². The molecule has 0 spiro atoms. The largest absolute Gasteiger partial charge is 0.482 e. The van der Waals surface area contributed by atoms with Crippen molar-refractivity contribution in [3.8, 4) is 5.75 Å². The van der Waals surface area contributed by atoms with Crippen LogP contribution in [0.5, 0.6) is 5.75 Å². The van der Waals surface area contributed by atoms with Crippen LogP contribution in [0.2, 0.25) is 10.0 Å². The van der Waals surface area contributed by atoms with Gasteiger partial charge in [-0.1, -0.05) is 23.2 Å². The maximum atomic E-state index is 12.2. The molecule has 0 saturated carbocycles. The fourth-order valence-corrected chi connectivity index (χ4v) is 3.51. The minimum atomic E-state index is -0.297. The predicted octanol–water partition coefficient (Wildman–Crippen LogP) is 3.36. The monoisotopic (exact) mass is 431 g/mol. The lowest BCUT2D eigenvalue weighted by Gasteiger charge is -2.27. The third kappa shape index (κ3) is 4.87. The quantitative estimate of drug-likeness (QED) is 0.644. The molecule has 29 heavy (non-hydrogen) atoms. The van der Waals surface area contributed by atoms with Crippen molar-refractivity contribution in [2.75, 3.05) is 43.0 Å². The molecule has 7 nitrogen and oxygen atoms in total. The van der Waals surface area contributed by atoms with Crippen LogP contribution in [0.25, 0.3) is 10.9 Å². The number of carbonyl (C=O) groups is 1. The average Bonchev–Trinajstić information content (AvgIpc) is 2.73. The first kappa shape index (κ1) is 19.7. The molecule has 1 saturated heterocycles. The summed E-state index contributed by atoms with van der Waals surface area (Å²) >= 11 is 11.9. The van der Waals surface area contributed by atoms with Crippen molar-refractivity contribution in [3.63, 3.8) is 0 Å². The van der Waals surface area contributed by atoms with E-state index in [1.54, 1.807) is 24.4 Å². The van der Waals surface area contributed by atoms with Crippen LogP contribution in [0.4, 0.5) is 11.6 Å². The molecule has 0 aliphatic carbocycles. The second-order valence-corrected chi connectivity index (χ2v) is 7.44. The fraction of sp³-hybridized carbons (Fsp3) is 0.250. The third-order valence-corrected chi connectivity index (χ3v) is 5.03. The van der Waals surface area contributed by atoms with E-state index in [0.29, 0.717) is 21.5 Å². The highest BCUT2D eigenvalue weighted by atomic mass is 35.5. The van der Waals surface area contributed by atoms with Gasteiger partial charge >= 0.3 is 0 Å². The lowest BCUT2D eigenvalue weighted by Crippen LogP contribution is -2.44. The molecule has 2 N–H and O–H groups in total. The van der Waals surface area contributed by atoms with Gasteiger partial charge in [0.05, 0.1) is 10.5 Å². The van der Waals surface area contributed by atoms with Gasteiger partial charge in [0, 0.05) is 48.5 Å². The number of fused-ring (bicyclic) bond motifs is 1. The minimum Gasteiger partial charge on any atom is -0.482 e. The van der Waals surface area contributed by atoms with E-state index in [4.69, 9.17) is 27.9 Å². The molecule has 0 atom stereocenters. The van der Waals surface area contributed by atoms with Crippen molar-refractivity contribution in [2.45, 2.75) is 0 Å². The van der Waals surface area contributed by atoms with Gasteiger partial charge in [0.2, 0.25) is 5.95 Å². The Kier molecular flexibility index (Phi) is 5.99. The molecule has 3 aromatic rings. The average molecular weight is 432 g/mol. The summed E-state index contributed by atoms with van der Waals surface area (Å²) in [7, 11) is 0. The van der Waals surface area contributed by atoms with Gasteiger partial charge in [-0.25, -0.2) is 9.97 Å². The van der Waals surface area contributed by atoms with Gasteiger partial charge < -0.3 is 20.3 Å². The molecule has 1 aliphatic heterocycles. The maximum Gasteiger partial charge on any atom is 0.262 e. The van der Waals surface area contributed by atoms with E-state index in [2.05, 4.69) is 25.5 Å². The Morgan fingerprint density at radius 2 is 2.00 bits per heavy atom. The number of halogens is 2. The highest BCUT2D eigenvalue weighted by Gasteiger charge is 2.14. The van der Waals surface area contributed by atoms with E-state index in [1.165, 1.54) is 0 Å². The van der Waals surface area contributed by atoms with Crippen LogP contribution in [-0.2, 0) is 4.79 Å². The zero-order valence-corrected chi connectivity index (χ0v) is 17.0. The zero-order chi connectivity index (χ0) is 20.2. The molecule has 9 heteroatoms.